The molecule has 0 aliphatic carbocycles. The molecule has 3 heteroatoms. The predicted octanol–water partition coefficient (Wildman–Crippen LogP) is 6.28. The van der Waals surface area contributed by atoms with E-state index in [0.29, 0.717) is 0 Å². The summed E-state index contributed by atoms with van der Waals surface area (Å²) in [4.78, 5) is 12.6. The average molecular weight is 441 g/mol. The summed E-state index contributed by atoms with van der Waals surface area (Å²) in [7, 11) is 1.52. The Hall–Kier alpha value is -0.431. The molecule has 0 amide bonds. The van der Waals surface area contributed by atoms with Crippen molar-refractivity contribution in [3.8, 4) is 11.8 Å². The normalized spacial score (nSPS) is 11.8. The molecule has 0 aliphatic rings. The van der Waals surface area contributed by atoms with Crippen LogP contribution in [-0.2, 0) is 9.53 Å². The maximum atomic E-state index is 12.6. The molecule has 0 radical (unpaired) electrons. The molecule has 0 aromatic heterocycles. The molecular formula is C21H38O2Sn. The zero-order valence-corrected chi connectivity index (χ0v) is 19.5. The van der Waals surface area contributed by atoms with Crippen LogP contribution in [-0.4, -0.2) is 31.5 Å². The zero-order valence-electron chi connectivity index (χ0n) is 16.7. The molecule has 0 heterocycles. The van der Waals surface area contributed by atoms with Crippen LogP contribution in [0.1, 0.15) is 79.1 Å². The van der Waals surface area contributed by atoms with Crippen molar-refractivity contribution in [1.29, 1.82) is 0 Å². The van der Waals surface area contributed by atoms with Gasteiger partial charge >= 0.3 is 155 Å². The van der Waals surface area contributed by atoms with Gasteiger partial charge in [0.2, 0.25) is 0 Å². The summed E-state index contributed by atoms with van der Waals surface area (Å²) >= 11 is -2.76. The first kappa shape index (κ1) is 23.6. The molecule has 0 rings (SSSR count). The fourth-order valence-electron chi connectivity index (χ4n) is 3.18. The third-order valence-electron chi connectivity index (χ3n) is 4.70. The second-order valence-electron chi connectivity index (χ2n) is 6.71. The van der Waals surface area contributed by atoms with Crippen LogP contribution in [0.5, 0.6) is 0 Å². The molecule has 0 unspecified atom stereocenters. The zero-order chi connectivity index (χ0) is 18.3. The van der Waals surface area contributed by atoms with Gasteiger partial charge in [0, 0.05) is 0 Å². The molecule has 0 aromatic rings. The second kappa shape index (κ2) is 14.9. The summed E-state index contributed by atoms with van der Waals surface area (Å²) in [6, 6.07) is 0. The molecule has 0 bridgehead atoms. The third kappa shape index (κ3) is 8.60. The van der Waals surface area contributed by atoms with E-state index in [1.54, 1.807) is 0 Å². The van der Waals surface area contributed by atoms with Gasteiger partial charge in [0.1, 0.15) is 0 Å². The van der Waals surface area contributed by atoms with E-state index >= 15 is 0 Å². The minimum absolute atomic E-state index is 0.0973. The first-order chi connectivity index (χ1) is 11.6. The molecule has 0 saturated carbocycles. The van der Waals surface area contributed by atoms with Crippen LogP contribution in [0.2, 0.25) is 13.3 Å². The van der Waals surface area contributed by atoms with Crippen molar-refractivity contribution in [1.82, 2.24) is 0 Å². The van der Waals surface area contributed by atoms with Crippen LogP contribution in [0.4, 0.5) is 0 Å². The van der Waals surface area contributed by atoms with Crippen LogP contribution in [0.25, 0.3) is 0 Å². The molecule has 0 aromatic carbocycles. The molecule has 0 saturated heterocycles. The number of allylic oxidation sites excluding steroid dienone is 1. The molecular weight excluding hydrogens is 403 g/mol. The van der Waals surface area contributed by atoms with E-state index in [9.17, 15) is 4.79 Å². The molecule has 0 N–H and O–H groups in total. The van der Waals surface area contributed by atoms with E-state index < -0.39 is 18.4 Å². The molecule has 138 valence electrons. The number of hydrogen-bond acceptors (Lipinski definition) is 2. The topological polar surface area (TPSA) is 26.3 Å². The summed E-state index contributed by atoms with van der Waals surface area (Å²) < 4.78 is 10.0. The van der Waals surface area contributed by atoms with Gasteiger partial charge < -0.3 is 0 Å². The standard InChI is InChI=1S/C9H11O2.3C4H9.Sn/c1-3-4-5-6-7-8-9(10)11-2;3*1-3-4-2;/h7H,3-4H2,1-2H3;3*1,3-4H2,2H3;. The van der Waals surface area contributed by atoms with Gasteiger partial charge in [0.25, 0.3) is 0 Å². The van der Waals surface area contributed by atoms with E-state index in [1.165, 1.54) is 58.9 Å². The summed E-state index contributed by atoms with van der Waals surface area (Å²) in [5.41, 5.74) is 0. The fourth-order valence-corrected chi connectivity index (χ4v) is 19.1. The Bertz CT molecular complexity index is 407. The molecule has 0 aliphatic heterocycles. The molecule has 0 atom stereocenters. The van der Waals surface area contributed by atoms with Crippen molar-refractivity contribution in [3.05, 3.63) is 9.67 Å². The summed E-state index contributed by atoms with van der Waals surface area (Å²) in [6.07, 6.45) is 11.2. The van der Waals surface area contributed by atoms with Crippen molar-refractivity contribution in [2.45, 2.75) is 92.4 Å². The first-order valence-electron chi connectivity index (χ1n) is 9.89. The maximum absolute atomic E-state index is 12.6. The quantitative estimate of drug-likeness (QED) is 0.154. The number of unbranched alkanes of at least 4 members (excludes halogenated alkanes) is 4. The van der Waals surface area contributed by atoms with Gasteiger partial charge in [-0.25, -0.2) is 0 Å². The Kier molecular flexibility index (Phi) is 14.6. The van der Waals surface area contributed by atoms with Crippen molar-refractivity contribution in [3.63, 3.8) is 0 Å². The van der Waals surface area contributed by atoms with Crippen molar-refractivity contribution in [2.24, 2.45) is 0 Å². The van der Waals surface area contributed by atoms with Crippen LogP contribution in [0.15, 0.2) is 9.67 Å². The van der Waals surface area contributed by atoms with Crippen LogP contribution in [0.3, 0.4) is 0 Å². The van der Waals surface area contributed by atoms with Gasteiger partial charge in [0.05, 0.1) is 0 Å². The van der Waals surface area contributed by atoms with Gasteiger partial charge in [-0.05, 0) is 0 Å². The SMILES string of the molecule is CCCC#C/C=[C](/C(=O)OC)[Sn]([CH2]CCC)([CH2]CCC)[CH2]CCC. The number of ether oxygens (including phenoxy) is 1. The van der Waals surface area contributed by atoms with E-state index in [0.717, 1.165) is 16.4 Å². The Morgan fingerprint density at radius 1 is 0.917 bits per heavy atom. The van der Waals surface area contributed by atoms with Crippen LogP contribution >= 0.6 is 0 Å². The Morgan fingerprint density at radius 3 is 1.79 bits per heavy atom. The Morgan fingerprint density at radius 2 is 1.42 bits per heavy atom. The average Bonchev–Trinajstić information content (AvgIpc) is 2.61. The Balaban J connectivity index is 5.79. The summed E-state index contributed by atoms with van der Waals surface area (Å²) in [5.74, 6) is 6.26. The number of carbonyl (C=O) groups excluding carboxylic acids is 1. The van der Waals surface area contributed by atoms with E-state index in [4.69, 9.17) is 4.74 Å². The number of carbonyl (C=O) groups is 1. The monoisotopic (exact) mass is 442 g/mol. The predicted molar refractivity (Wildman–Crippen MR) is 108 cm³/mol. The van der Waals surface area contributed by atoms with Gasteiger partial charge in [-0.3, -0.25) is 0 Å². The van der Waals surface area contributed by atoms with Crippen LogP contribution < -0.4 is 0 Å². The Labute approximate surface area is 154 Å². The third-order valence-corrected chi connectivity index (χ3v) is 20.2. The van der Waals surface area contributed by atoms with Gasteiger partial charge in [-0.2, -0.15) is 0 Å². The van der Waals surface area contributed by atoms with Crippen molar-refractivity contribution < 1.29 is 9.53 Å². The van der Waals surface area contributed by atoms with Gasteiger partial charge in [-0.15, -0.1) is 0 Å². The second-order valence-corrected chi connectivity index (χ2v) is 19.8. The number of methoxy groups -OCH3 is 1. The van der Waals surface area contributed by atoms with E-state index in [-0.39, 0.29) is 5.97 Å². The number of hydrogen-bond donors (Lipinski definition) is 0. The molecule has 0 spiro atoms. The molecule has 0 fully saturated rings. The molecule has 2 nitrogen and oxygen atoms in total. The van der Waals surface area contributed by atoms with Crippen molar-refractivity contribution in [2.75, 3.05) is 7.11 Å². The molecule has 24 heavy (non-hydrogen) atoms. The minimum atomic E-state index is -2.76. The van der Waals surface area contributed by atoms with Gasteiger partial charge in [0.15, 0.2) is 0 Å². The van der Waals surface area contributed by atoms with Gasteiger partial charge in [-0.1, -0.05) is 0 Å². The summed E-state index contributed by atoms with van der Waals surface area (Å²) in [6.45, 7) is 8.88. The first-order valence-corrected chi connectivity index (χ1v) is 17.4. The summed E-state index contributed by atoms with van der Waals surface area (Å²) in [5, 5.41) is 0. The van der Waals surface area contributed by atoms with Crippen molar-refractivity contribution >= 4 is 24.3 Å². The number of rotatable bonds is 12. The number of esters is 1. The van der Waals surface area contributed by atoms with Crippen LogP contribution in [0, 0.1) is 11.8 Å². The fraction of sp³-hybridized carbons (Fsp3) is 0.762. The van der Waals surface area contributed by atoms with E-state index in [2.05, 4.69) is 39.5 Å². The van der Waals surface area contributed by atoms with E-state index in [1.807, 2.05) is 6.08 Å².